The lowest BCUT2D eigenvalue weighted by atomic mass is 9.95. The van der Waals surface area contributed by atoms with Crippen molar-refractivity contribution in [2.45, 2.75) is 13.8 Å². The Hall–Kier alpha value is -1.75. The van der Waals surface area contributed by atoms with Crippen molar-refractivity contribution in [2.24, 2.45) is 11.1 Å². The van der Waals surface area contributed by atoms with Gasteiger partial charge in [-0.15, -0.1) is 0 Å². The Morgan fingerprint density at radius 3 is 2.67 bits per heavy atom. The van der Waals surface area contributed by atoms with Crippen LogP contribution in [-0.2, 0) is 0 Å². The summed E-state index contributed by atoms with van der Waals surface area (Å²) in [6.07, 6.45) is 0. The third-order valence-corrected chi connectivity index (χ3v) is 2.67. The van der Waals surface area contributed by atoms with E-state index in [-0.39, 0.29) is 12.0 Å². The molecule has 5 heteroatoms. The zero-order valence-electron chi connectivity index (χ0n) is 11.0. The molecule has 0 unspecified atom stereocenters. The molecule has 0 aromatic heterocycles. The van der Waals surface area contributed by atoms with Gasteiger partial charge in [0.1, 0.15) is 5.75 Å². The number of nitrogens with one attached hydrogen (secondary N) is 1. The first-order valence-corrected chi connectivity index (χ1v) is 5.72. The van der Waals surface area contributed by atoms with E-state index in [0.29, 0.717) is 23.5 Å². The second-order valence-electron chi connectivity index (χ2n) is 4.96. The van der Waals surface area contributed by atoms with Gasteiger partial charge in [-0.25, -0.2) is 0 Å². The summed E-state index contributed by atoms with van der Waals surface area (Å²) in [6, 6.07) is 4.95. The summed E-state index contributed by atoms with van der Waals surface area (Å²) in [5, 5.41) is 12.4. The number of carbonyl (C=O) groups excluding carboxylic acids is 1. The molecular formula is C13H20N2O3. The van der Waals surface area contributed by atoms with Crippen molar-refractivity contribution in [3.8, 4) is 5.75 Å². The minimum absolute atomic E-state index is 0.0673. The fourth-order valence-corrected chi connectivity index (χ4v) is 1.39. The second-order valence-corrected chi connectivity index (χ2v) is 4.96. The number of nitrogens with two attached hydrogens (primary N) is 1. The van der Waals surface area contributed by atoms with E-state index >= 15 is 0 Å². The van der Waals surface area contributed by atoms with Gasteiger partial charge < -0.3 is 20.9 Å². The standard InChI is InChI=1S/C13H20N2O3/c1-13(2,8-16)7-15-10-6-9(12(14)17)4-5-11(10)18-3/h4-6,15-16H,7-8H2,1-3H3,(H2,14,17). The normalized spacial score (nSPS) is 11.1. The van der Waals surface area contributed by atoms with Crippen LogP contribution in [0.5, 0.6) is 5.75 Å². The van der Waals surface area contributed by atoms with Gasteiger partial charge in [0, 0.05) is 24.1 Å². The fraction of sp³-hybridized carbons (Fsp3) is 0.462. The highest BCUT2D eigenvalue weighted by molar-refractivity contribution is 5.94. The lowest BCUT2D eigenvalue weighted by Gasteiger charge is -2.23. The summed E-state index contributed by atoms with van der Waals surface area (Å²) >= 11 is 0. The van der Waals surface area contributed by atoms with E-state index in [1.807, 2.05) is 13.8 Å². The molecule has 100 valence electrons. The van der Waals surface area contributed by atoms with Gasteiger partial charge in [-0.3, -0.25) is 4.79 Å². The highest BCUT2D eigenvalue weighted by Crippen LogP contribution is 2.27. The third kappa shape index (κ3) is 3.63. The van der Waals surface area contributed by atoms with Gasteiger partial charge in [0.25, 0.3) is 0 Å². The molecule has 18 heavy (non-hydrogen) atoms. The molecule has 0 saturated carbocycles. The van der Waals surface area contributed by atoms with Crippen LogP contribution in [0.15, 0.2) is 18.2 Å². The Morgan fingerprint density at radius 1 is 1.50 bits per heavy atom. The number of ether oxygens (including phenoxy) is 1. The summed E-state index contributed by atoms with van der Waals surface area (Å²) < 4.78 is 5.20. The van der Waals surface area contributed by atoms with Crippen LogP contribution in [0, 0.1) is 5.41 Å². The topological polar surface area (TPSA) is 84.6 Å². The SMILES string of the molecule is COc1ccc(C(N)=O)cc1NCC(C)(C)CO. The fourth-order valence-electron chi connectivity index (χ4n) is 1.39. The maximum atomic E-state index is 11.1. The van der Waals surface area contributed by atoms with Crippen molar-refractivity contribution in [1.82, 2.24) is 0 Å². The second kappa shape index (κ2) is 5.73. The number of aliphatic hydroxyl groups excluding tert-OH is 1. The molecule has 0 bridgehead atoms. The Kier molecular flexibility index (Phi) is 4.55. The number of hydrogen-bond acceptors (Lipinski definition) is 4. The molecule has 1 rings (SSSR count). The van der Waals surface area contributed by atoms with Crippen molar-refractivity contribution in [1.29, 1.82) is 0 Å². The lowest BCUT2D eigenvalue weighted by Crippen LogP contribution is -2.27. The Labute approximate surface area is 107 Å². The van der Waals surface area contributed by atoms with Crippen molar-refractivity contribution in [2.75, 3.05) is 25.6 Å². The summed E-state index contributed by atoms with van der Waals surface area (Å²) in [7, 11) is 1.56. The van der Waals surface area contributed by atoms with Gasteiger partial charge in [0.05, 0.1) is 12.8 Å². The number of methoxy groups -OCH3 is 1. The van der Waals surface area contributed by atoms with Gasteiger partial charge in [0.15, 0.2) is 0 Å². The van der Waals surface area contributed by atoms with Crippen molar-refractivity contribution < 1.29 is 14.6 Å². The van der Waals surface area contributed by atoms with Gasteiger partial charge in [-0.05, 0) is 18.2 Å². The number of hydrogen-bond donors (Lipinski definition) is 3. The molecule has 0 saturated heterocycles. The Bertz CT molecular complexity index is 430. The van der Waals surface area contributed by atoms with Gasteiger partial charge in [-0.2, -0.15) is 0 Å². The maximum absolute atomic E-state index is 11.1. The number of primary amides is 1. The average Bonchev–Trinajstić information content (AvgIpc) is 2.36. The van der Waals surface area contributed by atoms with Crippen LogP contribution in [0.4, 0.5) is 5.69 Å². The molecule has 0 spiro atoms. The number of carbonyl (C=O) groups is 1. The van der Waals surface area contributed by atoms with Crippen LogP contribution in [0.2, 0.25) is 0 Å². The predicted octanol–water partition coefficient (Wildman–Crippen LogP) is 1.22. The summed E-state index contributed by atoms with van der Waals surface area (Å²) in [6.45, 7) is 4.49. The minimum Gasteiger partial charge on any atom is -0.495 e. The predicted molar refractivity (Wildman–Crippen MR) is 70.9 cm³/mol. The molecule has 0 aliphatic rings. The highest BCUT2D eigenvalue weighted by Gasteiger charge is 2.17. The Morgan fingerprint density at radius 2 is 2.17 bits per heavy atom. The number of aliphatic hydroxyl groups is 1. The molecule has 5 nitrogen and oxygen atoms in total. The van der Waals surface area contributed by atoms with E-state index in [1.165, 1.54) is 0 Å². The van der Waals surface area contributed by atoms with Gasteiger partial charge >= 0.3 is 0 Å². The molecule has 0 fully saturated rings. The summed E-state index contributed by atoms with van der Waals surface area (Å²) in [5.41, 5.74) is 6.09. The maximum Gasteiger partial charge on any atom is 0.248 e. The smallest absolute Gasteiger partial charge is 0.248 e. The number of rotatable bonds is 6. The van der Waals surface area contributed by atoms with Crippen LogP contribution in [0.1, 0.15) is 24.2 Å². The first-order valence-electron chi connectivity index (χ1n) is 5.72. The van der Waals surface area contributed by atoms with Crippen LogP contribution in [0.3, 0.4) is 0 Å². The Balaban J connectivity index is 2.91. The zero-order chi connectivity index (χ0) is 13.8. The van der Waals surface area contributed by atoms with Crippen LogP contribution >= 0.6 is 0 Å². The van der Waals surface area contributed by atoms with Gasteiger partial charge in [0.2, 0.25) is 5.91 Å². The van der Waals surface area contributed by atoms with E-state index in [0.717, 1.165) is 0 Å². The molecule has 1 aromatic carbocycles. The van der Waals surface area contributed by atoms with E-state index in [4.69, 9.17) is 10.5 Å². The molecule has 1 amide bonds. The van der Waals surface area contributed by atoms with Crippen LogP contribution in [0.25, 0.3) is 0 Å². The molecule has 0 aliphatic heterocycles. The molecule has 4 N–H and O–H groups in total. The van der Waals surface area contributed by atoms with Crippen LogP contribution < -0.4 is 15.8 Å². The van der Waals surface area contributed by atoms with Gasteiger partial charge in [-0.1, -0.05) is 13.8 Å². The monoisotopic (exact) mass is 252 g/mol. The molecule has 0 radical (unpaired) electrons. The molecule has 0 atom stereocenters. The first-order chi connectivity index (χ1) is 8.39. The van der Waals surface area contributed by atoms with Crippen LogP contribution in [-0.4, -0.2) is 31.3 Å². The first kappa shape index (κ1) is 14.3. The van der Waals surface area contributed by atoms with E-state index in [9.17, 15) is 9.90 Å². The molecule has 0 aliphatic carbocycles. The highest BCUT2D eigenvalue weighted by atomic mass is 16.5. The van der Waals surface area contributed by atoms with E-state index in [1.54, 1.807) is 25.3 Å². The average molecular weight is 252 g/mol. The molecular weight excluding hydrogens is 232 g/mol. The van der Waals surface area contributed by atoms with E-state index in [2.05, 4.69) is 5.32 Å². The van der Waals surface area contributed by atoms with Crippen molar-refractivity contribution in [3.63, 3.8) is 0 Å². The minimum atomic E-state index is -0.484. The number of benzene rings is 1. The summed E-state index contributed by atoms with van der Waals surface area (Å²) in [4.78, 5) is 11.1. The number of amides is 1. The van der Waals surface area contributed by atoms with E-state index < -0.39 is 5.91 Å². The third-order valence-electron chi connectivity index (χ3n) is 2.67. The largest absolute Gasteiger partial charge is 0.495 e. The quantitative estimate of drug-likeness (QED) is 0.710. The summed E-state index contributed by atoms with van der Waals surface area (Å²) in [5.74, 6) is 0.149. The van der Waals surface area contributed by atoms with Crippen molar-refractivity contribution in [3.05, 3.63) is 23.8 Å². The zero-order valence-corrected chi connectivity index (χ0v) is 11.0. The lowest BCUT2D eigenvalue weighted by molar-refractivity contribution is 0.100. The number of anilines is 1. The molecule has 0 heterocycles. The molecule has 1 aromatic rings. The van der Waals surface area contributed by atoms with Crippen molar-refractivity contribution >= 4 is 11.6 Å².